The number of nitrogens with one attached hydrogen (secondary N) is 2. The van der Waals surface area contributed by atoms with Crippen molar-refractivity contribution in [2.45, 2.75) is 84.5 Å². The number of hydrogen-bond acceptors (Lipinski definition) is 10. The molecule has 14 nitrogen and oxygen atoms in total. The number of aromatic nitrogens is 1. The van der Waals surface area contributed by atoms with Crippen LogP contribution in [0.5, 0.6) is 5.75 Å². The highest BCUT2D eigenvalue weighted by Gasteiger charge is 2.72. The van der Waals surface area contributed by atoms with Crippen molar-refractivity contribution < 1.29 is 42.8 Å². The van der Waals surface area contributed by atoms with E-state index in [4.69, 9.17) is 18.8 Å². The van der Waals surface area contributed by atoms with Gasteiger partial charge in [0.1, 0.15) is 29.4 Å². The van der Waals surface area contributed by atoms with E-state index in [2.05, 4.69) is 36.4 Å². The summed E-state index contributed by atoms with van der Waals surface area (Å²) in [5.74, 6) is -2.19. The number of imide groups is 1. The minimum Gasteiger partial charge on any atom is -0.496 e. The Balaban J connectivity index is 1.36. The normalized spacial score (nSPS) is 26.5. The fourth-order valence-electron chi connectivity index (χ4n) is 8.58. The van der Waals surface area contributed by atoms with Gasteiger partial charge in [0, 0.05) is 37.6 Å². The van der Waals surface area contributed by atoms with E-state index in [1.165, 1.54) is 24.4 Å². The lowest BCUT2D eigenvalue weighted by Gasteiger charge is -2.64. The molecular formula is C38H50BN5O9. The zero-order valence-corrected chi connectivity index (χ0v) is 31.8. The lowest BCUT2D eigenvalue weighted by atomic mass is 9.43. The van der Waals surface area contributed by atoms with Gasteiger partial charge in [0.05, 0.1) is 18.8 Å². The number of esters is 1. The average molecular weight is 732 g/mol. The van der Waals surface area contributed by atoms with Crippen LogP contribution in [0, 0.1) is 22.7 Å². The predicted molar refractivity (Wildman–Crippen MR) is 193 cm³/mol. The molecule has 0 radical (unpaired) electrons. The maximum absolute atomic E-state index is 14.8. The Morgan fingerprint density at radius 2 is 1.79 bits per heavy atom. The number of rotatable bonds is 10. The maximum atomic E-state index is 14.8. The molecule has 0 spiro atoms. The summed E-state index contributed by atoms with van der Waals surface area (Å²) in [5, 5.41) is 5.82. The standard InChI is InChI=1S/C38H50BN5O9/c1-9-43-17-18-44(32(47)31(43)46)34(49)41-29(23-13-12-16-40-21-23)30(45)42-38(35(2,3)4,22-51-33(48)25-14-10-11-15-26(25)50-8)39-52-28-20-24-19-27(36(24,5)6)37(28,7)53-39/h10-16,21,24,27-29H,9,17-20,22H2,1-8H3,(H,41,49)(H,42,45)/t24-,27-,28+,29?,37-,38-/m0/s1. The molecule has 2 aliphatic heterocycles. The Labute approximate surface area is 310 Å². The van der Waals surface area contributed by atoms with Crippen LogP contribution in [0.15, 0.2) is 48.8 Å². The fourth-order valence-corrected chi connectivity index (χ4v) is 8.58. The number of urea groups is 1. The Kier molecular flexibility index (Phi) is 10.1. The number of methoxy groups -OCH3 is 1. The van der Waals surface area contributed by atoms with Gasteiger partial charge in [-0.3, -0.25) is 24.3 Å². The first-order valence-corrected chi connectivity index (χ1v) is 18.2. The SMILES string of the molecule is CCN1CCN(C(=O)NC(C(=O)N[C@](COC(=O)c2ccccc2OC)(B2O[C@@H]3C[C@@H]4C[C@@H](C4(C)C)[C@]3(C)O2)C(C)(C)C)c2cccnc2)C(=O)C1=O. The number of carbonyl (C=O) groups is 5. The molecule has 3 aliphatic carbocycles. The van der Waals surface area contributed by atoms with Crippen LogP contribution in [0.25, 0.3) is 0 Å². The molecular weight excluding hydrogens is 681 g/mol. The van der Waals surface area contributed by atoms with E-state index in [9.17, 15) is 24.0 Å². The van der Waals surface area contributed by atoms with Gasteiger partial charge in [-0.2, -0.15) is 0 Å². The van der Waals surface area contributed by atoms with Crippen molar-refractivity contribution in [1.29, 1.82) is 0 Å². The molecule has 3 saturated carbocycles. The summed E-state index contributed by atoms with van der Waals surface area (Å²) < 4.78 is 25.3. The number of likely N-dealkylation sites (N-methyl/N-ethyl adjacent to an activating group) is 1. The first-order chi connectivity index (χ1) is 25.0. The van der Waals surface area contributed by atoms with Crippen molar-refractivity contribution in [1.82, 2.24) is 25.4 Å². The van der Waals surface area contributed by atoms with Gasteiger partial charge in [0.25, 0.3) is 0 Å². The van der Waals surface area contributed by atoms with Crippen LogP contribution < -0.4 is 15.4 Å². The van der Waals surface area contributed by atoms with E-state index in [1.54, 1.807) is 43.3 Å². The Morgan fingerprint density at radius 1 is 1.06 bits per heavy atom. The number of hydrogen-bond donors (Lipinski definition) is 2. The van der Waals surface area contributed by atoms with Gasteiger partial charge >= 0.3 is 30.9 Å². The highest BCUT2D eigenvalue weighted by molar-refractivity contribution is 6.50. The molecule has 53 heavy (non-hydrogen) atoms. The van der Waals surface area contributed by atoms with Gasteiger partial charge in [-0.1, -0.05) is 52.8 Å². The lowest BCUT2D eigenvalue weighted by Crippen LogP contribution is -2.71. The predicted octanol–water partition coefficient (Wildman–Crippen LogP) is 3.56. The third-order valence-electron chi connectivity index (χ3n) is 12.3. The molecule has 1 unspecified atom stereocenters. The second-order valence-electron chi connectivity index (χ2n) is 16.3. The van der Waals surface area contributed by atoms with Crippen LogP contribution in [0.2, 0.25) is 0 Å². The molecule has 2 bridgehead atoms. The van der Waals surface area contributed by atoms with Crippen LogP contribution in [-0.2, 0) is 28.4 Å². The summed E-state index contributed by atoms with van der Waals surface area (Å²) in [6.45, 7) is 14.0. The van der Waals surface area contributed by atoms with Crippen LogP contribution in [0.1, 0.15) is 83.3 Å². The number of carbonyl (C=O) groups excluding carboxylic acids is 5. The monoisotopic (exact) mass is 731 g/mol. The van der Waals surface area contributed by atoms with E-state index in [0.717, 1.165) is 17.7 Å². The van der Waals surface area contributed by atoms with Crippen LogP contribution in [-0.4, -0.2) is 102 Å². The molecule has 5 aliphatic rings. The zero-order valence-electron chi connectivity index (χ0n) is 31.8. The van der Waals surface area contributed by atoms with Crippen LogP contribution in [0.4, 0.5) is 4.79 Å². The van der Waals surface area contributed by atoms with Gasteiger partial charge in [-0.05, 0) is 67.6 Å². The van der Waals surface area contributed by atoms with E-state index in [0.29, 0.717) is 23.8 Å². The van der Waals surface area contributed by atoms with Crippen molar-refractivity contribution in [3.8, 4) is 5.75 Å². The number of amides is 5. The number of nitrogens with zero attached hydrogens (tertiary/aromatic N) is 3. The number of pyridine rings is 1. The van der Waals surface area contributed by atoms with Gasteiger partial charge in [0.15, 0.2) is 0 Å². The van der Waals surface area contributed by atoms with Crippen molar-refractivity contribution in [3.63, 3.8) is 0 Å². The van der Waals surface area contributed by atoms with Gasteiger partial charge in [0.2, 0.25) is 5.91 Å². The summed E-state index contributed by atoms with van der Waals surface area (Å²) in [7, 11) is 0.384. The summed E-state index contributed by atoms with van der Waals surface area (Å²) in [5.41, 5.74) is -2.55. The fraction of sp³-hybridized carbons (Fsp3) is 0.579. The smallest absolute Gasteiger partial charge is 0.489 e. The number of ether oxygens (including phenoxy) is 2. The van der Waals surface area contributed by atoms with Crippen LogP contribution >= 0.6 is 0 Å². The van der Waals surface area contributed by atoms with Crippen molar-refractivity contribution >= 4 is 36.8 Å². The molecule has 2 saturated heterocycles. The van der Waals surface area contributed by atoms with Gasteiger partial charge in [-0.25, -0.2) is 9.59 Å². The van der Waals surface area contributed by atoms with E-state index in [1.807, 2.05) is 20.8 Å². The maximum Gasteiger partial charge on any atom is 0.489 e. The third kappa shape index (κ3) is 6.55. The molecule has 7 rings (SSSR count). The molecule has 5 amide bonds. The Hall–Kier alpha value is -4.50. The molecule has 5 fully saturated rings. The Bertz CT molecular complexity index is 1770. The third-order valence-corrected chi connectivity index (χ3v) is 12.3. The minimum absolute atomic E-state index is 0.0323. The average Bonchev–Trinajstić information content (AvgIpc) is 3.50. The van der Waals surface area contributed by atoms with Crippen LogP contribution in [0.3, 0.4) is 0 Å². The number of benzene rings is 1. The van der Waals surface area contributed by atoms with Gasteiger partial charge in [-0.15, -0.1) is 0 Å². The second-order valence-corrected chi connectivity index (χ2v) is 16.3. The molecule has 1 aromatic carbocycles. The van der Waals surface area contributed by atoms with Crippen molar-refractivity contribution in [2.75, 3.05) is 33.4 Å². The summed E-state index contributed by atoms with van der Waals surface area (Å²) in [4.78, 5) is 74.2. The van der Waals surface area contributed by atoms with Crippen molar-refractivity contribution in [2.24, 2.45) is 22.7 Å². The van der Waals surface area contributed by atoms with Crippen molar-refractivity contribution in [3.05, 3.63) is 59.9 Å². The summed E-state index contributed by atoms with van der Waals surface area (Å²) in [6, 6.07) is 7.61. The quantitative estimate of drug-likeness (QED) is 0.210. The highest BCUT2D eigenvalue weighted by atomic mass is 16.7. The number of para-hydroxylation sites is 1. The Morgan fingerprint density at radius 3 is 2.43 bits per heavy atom. The minimum atomic E-state index is -1.53. The summed E-state index contributed by atoms with van der Waals surface area (Å²) >= 11 is 0. The first kappa shape index (κ1) is 38.2. The summed E-state index contributed by atoms with van der Waals surface area (Å²) in [6.07, 6.45) is 4.46. The van der Waals surface area contributed by atoms with E-state index < -0.39 is 59.3 Å². The molecule has 284 valence electrons. The molecule has 15 heteroatoms. The topological polar surface area (TPSA) is 166 Å². The molecule has 1 aromatic heterocycles. The molecule has 3 heterocycles. The second kappa shape index (κ2) is 14.1. The van der Waals surface area contributed by atoms with E-state index in [-0.39, 0.29) is 42.7 Å². The first-order valence-electron chi connectivity index (χ1n) is 18.2. The zero-order chi connectivity index (χ0) is 38.5. The molecule has 6 atom stereocenters. The molecule has 2 aromatic rings. The lowest BCUT2D eigenvalue weighted by molar-refractivity contribution is -0.199. The highest BCUT2D eigenvalue weighted by Crippen LogP contribution is 2.66. The van der Waals surface area contributed by atoms with Gasteiger partial charge < -0.3 is 34.3 Å². The largest absolute Gasteiger partial charge is 0.496 e. The van der Waals surface area contributed by atoms with E-state index >= 15 is 0 Å². The molecule has 2 N–H and O–H groups in total. The number of piperazine rings is 1.